The van der Waals surface area contributed by atoms with Crippen molar-refractivity contribution in [1.82, 2.24) is 19.5 Å². The monoisotopic (exact) mass is 492 g/mol. The number of imidazole rings is 1. The van der Waals surface area contributed by atoms with Crippen molar-refractivity contribution in [2.24, 2.45) is 0 Å². The van der Waals surface area contributed by atoms with Crippen molar-refractivity contribution >= 4 is 29.4 Å². The zero-order valence-corrected chi connectivity index (χ0v) is 20.4. The SMILES string of the molecule is CCOC(=O)c1ncn2c1C(C)N(C1CCCC1)c1nc(Nc3ccc(C(=O)O)cc3OC)ncc1-2. The average Bonchev–Trinajstić information content (AvgIpc) is 3.55. The molecule has 1 aliphatic carbocycles. The molecule has 0 saturated heterocycles. The molecule has 1 fully saturated rings. The molecule has 1 aliphatic heterocycles. The Balaban J connectivity index is 1.57. The lowest BCUT2D eigenvalue weighted by Gasteiger charge is -2.40. The summed E-state index contributed by atoms with van der Waals surface area (Å²) < 4.78 is 12.5. The average molecular weight is 493 g/mol. The van der Waals surface area contributed by atoms with Gasteiger partial charge in [-0.25, -0.2) is 19.6 Å². The Kier molecular flexibility index (Phi) is 6.21. The van der Waals surface area contributed by atoms with E-state index in [4.69, 9.17) is 14.5 Å². The fourth-order valence-corrected chi connectivity index (χ4v) is 5.13. The summed E-state index contributed by atoms with van der Waals surface area (Å²) in [5, 5.41) is 12.4. The van der Waals surface area contributed by atoms with Crippen LogP contribution >= 0.6 is 0 Å². The van der Waals surface area contributed by atoms with Gasteiger partial charge in [0.05, 0.1) is 42.9 Å². The number of ether oxygens (including phenoxy) is 2. The largest absolute Gasteiger partial charge is 0.495 e. The number of benzene rings is 1. The predicted molar refractivity (Wildman–Crippen MR) is 131 cm³/mol. The second-order valence-electron chi connectivity index (χ2n) is 8.84. The summed E-state index contributed by atoms with van der Waals surface area (Å²) in [7, 11) is 1.48. The highest BCUT2D eigenvalue weighted by Crippen LogP contribution is 2.43. The number of carboxylic acids is 1. The summed E-state index contributed by atoms with van der Waals surface area (Å²) in [6.07, 6.45) is 7.66. The topological polar surface area (TPSA) is 132 Å². The number of nitrogens with zero attached hydrogens (tertiary/aromatic N) is 5. The zero-order valence-electron chi connectivity index (χ0n) is 20.4. The van der Waals surface area contributed by atoms with E-state index in [1.54, 1.807) is 25.5 Å². The summed E-state index contributed by atoms with van der Waals surface area (Å²) >= 11 is 0. The Morgan fingerprint density at radius 3 is 2.69 bits per heavy atom. The number of aromatic carboxylic acids is 1. The van der Waals surface area contributed by atoms with Crippen LogP contribution in [-0.2, 0) is 4.74 Å². The number of fused-ring (bicyclic) bond motifs is 3. The van der Waals surface area contributed by atoms with Gasteiger partial charge in [0.2, 0.25) is 5.95 Å². The molecule has 11 nitrogen and oxygen atoms in total. The van der Waals surface area contributed by atoms with Crippen molar-refractivity contribution in [2.75, 3.05) is 23.9 Å². The number of methoxy groups -OCH3 is 1. The van der Waals surface area contributed by atoms with E-state index in [2.05, 4.69) is 27.1 Å². The van der Waals surface area contributed by atoms with Crippen molar-refractivity contribution in [3.8, 4) is 11.4 Å². The molecule has 2 aliphatic rings. The molecule has 1 aromatic carbocycles. The van der Waals surface area contributed by atoms with E-state index < -0.39 is 11.9 Å². The summed E-state index contributed by atoms with van der Waals surface area (Å²) in [6, 6.07) is 4.68. The van der Waals surface area contributed by atoms with Crippen LogP contribution in [0.3, 0.4) is 0 Å². The standard InChI is InChI=1S/C25H28N6O5/c1-4-36-24(34)20-21-14(2)31(16-7-5-6-8-16)22-18(30(21)13-27-20)12-26-25(29-22)28-17-10-9-15(23(32)33)11-19(17)35-3/h9-14,16H,4-8H2,1-3H3,(H,32,33)(H,26,28,29). The Labute approximate surface area is 208 Å². The second kappa shape index (κ2) is 9.48. The zero-order chi connectivity index (χ0) is 25.4. The van der Waals surface area contributed by atoms with E-state index in [0.29, 0.717) is 23.1 Å². The van der Waals surface area contributed by atoms with Crippen molar-refractivity contribution in [1.29, 1.82) is 0 Å². The van der Waals surface area contributed by atoms with Crippen LogP contribution < -0.4 is 15.0 Å². The van der Waals surface area contributed by atoms with Crippen molar-refractivity contribution < 1.29 is 24.2 Å². The van der Waals surface area contributed by atoms with Gasteiger partial charge in [0.15, 0.2) is 11.5 Å². The molecule has 1 unspecified atom stereocenters. The van der Waals surface area contributed by atoms with Gasteiger partial charge in [0.25, 0.3) is 0 Å². The van der Waals surface area contributed by atoms with Gasteiger partial charge >= 0.3 is 11.9 Å². The molecule has 2 N–H and O–H groups in total. The molecule has 0 amide bonds. The molecular formula is C25H28N6O5. The Bertz CT molecular complexity index is 1320. The third kappa shape index (κ3) is 4.00. The molecule has 0 spiro atoms. The maximum absolute atomic E-state index is 12.6. The lowest BCUT2D eigenvalue weighted by atomic mass is 10.0. The Morgan fingerprint density at radius 1 is 1.22 bits per heavy atom. The number of carbonyl (C=O) groups excluding carboxylic acids is 1. The Hall–Kier alpha value is -4.15. The minimum atomic E-state index is -1.04. The van der Waals surface area contributed by atoms with Gasteiger partial charge in [-0.3, -0.25) is 4.57 Å². The molecule has 1 saturated carbocycles. The van der Waals surface area contributed by atoms with Crippen LogP contribution in [-0.4, -0.2) is 56.3 Å². The predicted octanol–water partition coefficient (Wildman–Crippen LogP) is 4.11. The minimum Gasteiger partial charge on any atom is -0.495 e. The maximum atomic E-state index is 12.6. The molecule has 188 valence electrons. The van der Waals surface area contributed by atoms with Crippen molar-refractivity contribution in [3.05, 3.63) is 47.7 Å². The number of esters is 1. The molecular weight excluding hydrogens is 464 g/mol. The van der Waals surface area contributed by atoms with Gasteiger partial charge in [-0.2, -0.15) is 4.98 Å². The quantitative estimate of drug-likeness (QED) is 0.464. The highest BCUT2D eigenvalue weighted by atomic mass is 16.5. The number of anilines is 3. The normalized spacial score (nSPS) is 16.9. The van der Waals surface area contributed by atoms with Gasteiger partial charge in [0.1, 0.15) is 17.8 Å². The van der Waals surface area contributed by atoms with Crippen LogP contribution in [0.5, 0.6) is 5.75 Å². The number of carboxylic acid groups (broad SMARTS) is 1. The first-order valence-corrected chi connectivity index (χ1v) is 12.0. The lowest BCUT2D eigenvalue weighted by Crippen LogP contribution is -2.41. The fraction of sp³-hybridized carbons (Fsp3) is 0.400. The van der Waals surface area contributed by atoms with E-state index in [-0.39, 0.29) is 24.3 Å². The molecule has 11 heteroatoms. The van der Waals surface area contributed by atoms with Gasteiger partial charge in [-0.15, -0.1) is 0 Å². The van der Waals surface area contributed by atoms with Crippen LogP contribution in [0.15, 0.2) is 30.7 Å². The number of nitrogens with one attached hydrogen (secondary N) is 1. The molecule has 0 radical (unpaired) electrons. The molecule has 1 atom stereocenters. The highest BCUT2D eigenvalue weighted by molar-refractivity contribution is 5.90. The fourth-order valence-electron chi connectivity index (χ4n) is 5.13. The van der Waals surface area contributed by atoms with E-state index >= 15 is 0 Å². The Morgan fingerprint density at radius 2 is 2.00 bits per heavy atom. The first-order valence-electron chi connectivity index (χ1n) is 12.0. The first-order chi connectivity index (χ1) is 17.4. The summed E-state index contributed by atoms with van der Waals surface area (Å²) in [5.74, 6) is -0.0190. The number of carbonyl (C=O) groups is 2. The number of aromatic nitrogens is 4. The third-order valence-corrected chi connectivity index (χ3v) is 6.75. The van der Waals surface area contributed by atoms with Crippen LogP contribution in [0.1, 0.15) is 72.1 Å². The molecule has 0 bridgehead atoms. The molecule has 2 aromatic heterocycles. The molecule has 5 rings (SSSR count). The van der Waals surface area contributed by atoms with E-state index in [1.807, 2.05) is 4.57 Å². The van der Waals surface area contributed by atoms with Crippen LogP contribution in [0.2, 0.25) is 0 Å². The summed E-state index contributed by atoms with van der Waals surface area (Å²) in [5.41, 5.74) is 2.48. The van der Waals surface area contributed by atoms with Gasteiger partial charge in [-0.1, -0.05) is 12.8 Å². The van der Waals surface area contributed by atoms with Crippen molar-refractivity contribution in [3.63, 3.8) is 0 Å². The number of hydrogen-bond acceptors (Lipinski definition) is 9. The smallest absolute Gasteiger partial charge is 0.358 e. The first kappa shape index (κ1) is 23.6. The number of hydrogen-bond donors (Lipinski definition) is 2. The second-order valence-corrected chi connectivity index (χ2v) is 8.84. The van der Waals surface area contributed by atoms with E-state index in [9.17, 15) is 14.7 Å². The van der Waals surface area contributed by atoms with Gasteiger partial charge < -0.3 is 24.8 Å². The van der Waals surface area contributed by atoms with Crippen LogP contribution in [0.4, 0.5) is 17.5 Å². The van der Waals surface area contributed by atoms with E-state index in [1.165, 1.54) is 19.2 Å². The van der Waals surface area contributed by atoms with Crippen LogP contribution in [0.25, 0.3) is 5.69 Å². The summed E-state index contributed by atoms with van der Waals surface area (Å²) in [6.45, 7) is 4.11. The third-order valence-electron chi connectivity index (χ3n) is 6.75. The molecule has 3 aromatic rings. The van der Waals surface area contributed by atoms with Crippen molar-refractivity contribution in [2.45, 2.75) is 51.6 Å². The molecule has 3 heterocycles. The molecule has 36 heavy (non-hydrogen) atoms. The van der Waals surface area contributed by atoms with E-state index in [0.717, 1.165) is 42.9 Å². The van der Waals surface area contributed by atoms with Gasteiger partial charge in [-0.05, 0) is 44.9 Å². The van der Waals surface area contributed by atoms with Gasteiger partial charge in [0, 0.05) is 6.04 Å². The van der Waals surface area contributed by atoms with Crippen LogP contribution in [0, 0.1) is 0 Å². The highest BCUT2D eigenvalue weighted by Gasteiger charge is 2.39. The lowest BCUT2D eigenvalue weighted by molar-refractivity contribution is 0.0517. The number of rotatable bonds is 7. The maximum Gasteiger partial charge on any atom is 0.358 e. The minimum absolute atomic E-state index is 0.120. The summed E-state index contributed by atoms with van der Waals surface area (Å²) in [4.78, 5) is 40.0.